The van der Waals surface area contributed by atoms with Crippen LogP contribution in [0.5, 0.6) is 0 Å². The summed E-state index contributed by atoms with van der Waals surface area (Å²) in [6.07, 6.45) is 2.93. The summed E-state index contributed by atoms with van der Waals surface area (Å²) in [6, 6.07) is 4.12. The van der Waals surface area contributed by atoms with Gasteiger partial charge in [0, 0.05) is 24.0 Å². The second-order valence-electron chi connectivity index (χ2n) is 6.22. The van der Waals surface area contributed by atoms with Gasteiger partial charge in [0.15, 0.2) is 0 Å². The molecule has 1 aromatic carbocycles. The molecular formula is C17H18ClF2N3OS. The molecule has 0 radical (unpaired) electrons. The van der Waals surface area contributed by atoms with E-state index in [1.165, 1.54) is 18.2 Å². The highest BCUT2D eigenvalue weighted by Gasteiger charge is 2.39. The molecule has 0 aliphatic carbocycles. The fourth-order valence-corrected chi connectivity index (χ4v) is 4.48. The fourth-order valence-electron chi connectivity index (χ4n) is 3.64. The molecule has 2 fully saturated rings. The van der Waals surface area contributed by atoms with Gasteiger partial charge >= 0.3 is 0 Å². The number of carbonyl (C=O) groups is 1. The molecule has 2 aromatic rings. The second-order valence-corrected chi connectivity index (χ2v) is 7.08. The van der Waals surface area contributed by atoms with Gasteiger partial charge < -0.3 is 10.2 Å². The van der Waals surface area contributed by atoms with Gasteiger partial charge in [-0.25, -0.2) is 13.8 Å². The lowest BCUT2D eigenvalue weighted by molar-refractivity contribution is 0.0675. The first-order chi connectivity index (χ1) is 11.6. The highest BCUT2D eigenvalue weighted by Crippen LogP contribution is 2.32. The summed E-state index contributed by atoms with van der Waals surface area (Å²) in [5.74, 6) is -1.46. The molecule has 2 saturated heterocycles. The predicted octanol–water partition coefficient (Wildman–Crippen LogP) is 3.48. The molecule has 1 amide bonds. The molecule has 2 aliphatic rings. The molecule has 1 aromatic heterocycles. The van der Waals surface area contributed by atoms with Gasteiger partial charge in [0.2, 0.25) is 0 Å². The molecule has 8 heteroatoms. The standard InChI is InChI=1S/C17H17F2N3OS.ClH/c18-12-2-1-3-13(19)15(12)16-21-14(9-24-16)17(23)22-10-4-5-11(22)8-20-7-6-10;/h1-3,9-11,20H,4-8H2;1H. The minimum atomic E-state index is -0.664. The monoisotopic (exact) mass is 385 g/mol. The third kappa shape index (κ3) is 3.28. The Kier molecular flexibility index (Phi) is 5.36. The minimum absolute atomic E-state index is 0. The third-order valence-electron chi connectivity index (χ3n) is 4.79. The number of hydrogen-bond acceptors (Lipinski definition) is 4. The maximum atomic E-state index is 13.9. The molecule has 4 rings (SSSR count). The Morgan fingerprint density at radius 2 is 1.92 bits per heavy atom. The van der Waals surface area contributed by atoms with Gasteiger partial charge in [-0.2, -0.15) is 0 Å². The lowest BCUT2D eigenvalue weighted by Gasteiger charge is -2.27. The second kappa shape index (κ2) is 7.35. The summed E-state index contributed by atoms with van der Waals surface area (Å²) in [7, 11) is 0. The van der Waals surface area contributed by atoms with E-state index in [9.17, 15) is 13.6 Å². The van der Waals surface area contributed by atoms with Crippen LogP contribution in [-0.4, -0.2) is 41.0 Å². The molecule has 25 heavy (non-hydrogen) atoms. The van der Waals surface area contributed by atoms with Crippen molar-refractivity contribution in [2.24, 2.45) is 0 Å². The van der Waals surface area contributed by atoms with Crippen molar-refractivity contribution in [1.82, 2.24) is 15.2 Å². The normalized spacial score (nSPS) is 22.4. The molecule has 0 saturated carbocycles. The largest absolute Gasteiger partial charge is 0.330 e. The number of hydrogen-bond donors (Lipinski definition) is 1. The van der Waals surface area contributed by atoms with Gasteiger partial charge in [-0.3, -0.25) is 4.79 Å². The number of fused-ring (bicyclic) bond motifs is 2. The van der Waals surface area contributed by atoms with Crippen molar-refractivity contribution in [2.75, 3.05) is 13.1 Å². The Bertz CT molecular complexity index is 751. The summed E-state index contributed by atoms with van der Waals surface area (Å²) < 4.78 is 27.8. The van der Waals surface area contributed by atoms with Crippen LogP contribution in [0.4, 0.5) is 8.78 Å². The van der Waals surface area contributed by atoms with Crippen LogP contribution in [0.25, 0.3) is 10.6 Å². The lowest BCUT2D eigenvalue weighted by Crippen LogP contribution is -2.42. The smallest absolute Gasteiger partial charge is 0.273 e. The Balaban J connectivity index is 0.00000182. The molecule has 1 N–H and O–H groups in total. The van der Waals surface area contributed by atoms with Crippen LogP contribution >= 0.6 is 23.7 Å². The number of halogens is 3. The van der Waals surface area contributed by atoms with E-state index < -0.39 is 11.6 Å². The number of nitrogens with zero attached hydrogens (tertiary/aromatic N) is 2. The molecule has 2 bridgehead atoms. The van der Waals surface area contributed by atoms with Crippen molar-refractivity contribution < 1.29 is 13.6 Å². The van der Waals surface area contributed by atoms with Crippen LogP contribution < -0.4 is 5.32 Å². The van der Waals surface area contributed by atoms with Crippen LogP contribution in [-0.2, 0) is 0 Å². The Morgan fingerprint density at radius 1 is 1.20 bits per heavy atom. The van der Waals surface area contributed by atoms with Gasteiger partial charge in [-0.05, 0) is 37.9 Å². The average molecular weight is 386 g/mol. The minimum Gasteiger partial charge on any atom is -0.330 e. The van der Waals surface area contributed by atoms with E-state index in [1.807, 2.05) is 4.90 Å². The van der Waals surface area contributed by atoms with E-state index in [1.54, 1.807) is 5.38 Å². The Labute approximate surface area is 154 Å². The summed E-state index contributed by atoms with van der Waals surface area (Å²) in [4.78, 5) is 19.0. The van der Waals surface area contributed by atoms with Crippen molar-refractivity contribution in [3.63, 3.8) is 0 Å². The highest BCUT2D eigenvalue weighted by molar-refractivity contribution is 7.13. The van der Waals surface area contributed by atoms with Crippen LogP contribution in [0.3, 0.4) is 0 Å². The molecule has 3 heterocycles. The van der Waals surface area contributed by atoms with Crippen molar-refractivity contribution in [1.29, 1.82) is 0 Å². The summed E-state index contributed by atoms with van der Waals surface area (Å²) in [5.41, 5.74) is 0.110. The molecule has 0 spiro atoms. The zero-order chi connectivity index (χ0) is 16.7. The number of carbonyl (C=O) groups excluding carboxylic acids is 1. The average Bonchev–Trinajstić information content (AvgIpc) is 3.10. The van der Waals surface area contributed by atoms with Crippen LogP contribution in [0.2, 0.25) is 0 Å². The summed E-state index contributed by atoms with van der Waals surface area (Å²) in [6.45, 7) is 1.70. The first kappa shape index (κ1) is 18.2. The fraction of sp³-hybridized carbons (Fsp3) is 0.412. The van der Waals surface area contributed by atoms with E-state index in [4.69, 9.17) is 0 Å². The predicted molar refractivity (Wildman–Crippen MR) is 95.2 cm³/mol. The lowest BCUT2D eigenvalue weighted by atomic mass is 10.1. The quantitative estimate of drug-likeness (QED) is 0.860. The van der Waals surface area contributed by atoms with E-state index >= 15 is 0 Å². The van der Waals surface area contributed by atoms with Gasteiger partial charge in [-0.1, -0.05) is 6.07 Å². The maximum Gasteiger partial charge on any atom is 0.273 e. The van der Waals surface area contributed by atoms with Crippen molar-refractivity contribution in [3.8, 4) is 10.6 Å². The number of rotatable bonds is 2. The number of thiazole rings is 1. The van der Waals surface area contributed by atoms with Gasteiger partial charge in [0.25, 0.3) is 5.91 Å². The molecule has 134 valence electrons. The third-order valence-corrected chi connectivity index (χ3v) is 5.65. The highest BCUT2D eigenvalue weighted by atomic mass is 35.5. The number of benzene rings is 1. The molecule has 2 aliphatic heterocycles. The van der Waals surface area contributed by atoms with Gasteiger partial charge in [-0.15, -0.1) is 23.7 Å². The first-order valence-corrected chi connectivity index (χ1v) is 8.96. The van der Waals surface area contributed by atoms with Gasteiger partial charge in [0.05, 0.1) is 5.56 Å². The molecular weight excluding hydrogens is 368 g/mol. The van der Waals surface area contributed by atoms with E-state index in [2.05, 4.69) is 10.3 Å². The van der Waals surface area contributed by atoms with E-state index in [-0.39, 0.29) is 46.7 Å². The number of aromatic nitrogens is 1. The molecule has 2 unspecified atom stereocenters. The first-order valence-electron chi connectivity index (χ1n) is 8.08. The van der Waals surface area contributed by atoms with Crippen LogP contribution in [0.15, 0.2) is 23.6 Å². The Morgan fingerprint density at radius 3 is 2.68 bits per heavy atom. The van der Waals surface area contributed by atoms with Crippen LogP contribution in [0.1, 0.15) is 29.8 Å². The van der Waals surface area contributed by atoms with E-state index in [0.29, 0.717) is 0 Å². The Hall–Kier alpha value is -1.57. The van der Waals surface area contributed by atoms with Crippen LogP contribution in [0, 0.1) is 11.6 Å². The number of amides is 1. The van der Waals surface area contributed by atoms with Gasteiger partial charge in [0.1, 0.15) is 22.3 Å². The van der Waals surface area contributed by atoms with Crippen molar-refractivity contribution >= 4 is 29.7 Å². The van der Waals surface area contributed by atoms with Crippen molar-refractivity contribution in [3.05, 3.63) is 40.9 Å². The molecule has 2 atom stereocenters. The zero-order valence-corrected chi connectivity index (χ0v) is 15.0. The summed E-state index contributed by atoms with van der Waals surface area (Å²) >= 11 is 1.10. The SMILES string of the molecule is Cl.O=C(c1csc(-c2c(F)cccc2F)n1)N1C2CCNCC1CC2. The maximum absolute atomic E-state index is 13.9. The van der Waals surface area contributed by atoms with Crippen molar-refractivity contribution in [2.45, 2.75) is 31.3 Å². The van der Waals surface area contributed by atoms with E-state index in [0.717, 1.165) is 43.7 Å². The molecule has 4 nitrogen and oxygen atoms in total. The zero-order valence-electron chi connectivity index (χ0n) is 13.4. The summed E-state index contributed by atoms with van der Waals surface area (Å²) in [5, 5.41) is 5.15. The number of nitrogens with one attached hydrogen (secondary N) is 1. The topological polar surface area (TPSA) is 45.2 Å².